The Bertz CT molecular complexity index is 1600. The number of nitrogens with zero attached hydrogens (tertiary/aromatic N) is 4. The minimum absolute atomic E-state index is 0.0514. The zero-order valence-corrected chi connectivity index (χ0v) is 26.5. The maximum Gasteiger partial charge on any atom is 0.139 e. The predicted octanol–water partition coefficient (Wildman–Crippen LogP) is 7.52. The molecular formula is C36H42FN4OP. The van der Waals surface area contributed by atoms with Gasteiger partial charge in [-0.25, -0.2) is 9.38 Å². The fourth-order valence-corrected chi connectivity index (χ4v) is 6.87. The number of hydrogen-bond acceptors (Lipinski definition) is 5. The summed E-state index contributed by atoms with van der Waals surface area (Å²) >= 11 is 0. The van der Waals surface area contributed by atoms with Gasteiger partial charge in [-0.1, -0.05) is 37.5 Å². The molecule has 0 bridgehead atoms. The first-order chi connectivity index (χ1) is 20.9. The number of benzene rings is 2. The number of aliphatic hydroxyl groups excluding tert-OH is 1. The van der Waals surface area contributed by atoms with Crippen LogP contribution >= 0.6 is 9.24 Å². The van der Waals surface area contributed by atoms with Gasteiger partial charge in [-0.2, -0.15) is 0 Å². The lowest BCUT2D eigenvalue weighted by molar-refractivity contribution is 0.227. The molecular weight excluding hydrogens is 554 g/mol. The van der Waals surface area contributed by atoms with E-state index in [2.05, 4.69) is 57.4 Å². The lowest BCUT2D eigenvalue weighted by Gasteiger charge is -2.34. The average molecular weight is 597 g/mol. The monoisotopic (exact) mass is 596 g/mol. The number of piperidine rings is 1. The number of hydrogen-bond donors (Lipinski definition) is 1. The lowest BCUT2D eigenvalue weighted by atomic mass is 9.78. The molecule has 2 saturated carbocycles. The summed E-state index contributed by atoms with van der Waals surface area (Å²) in [7, 11) is 3.90. The summed E-state index contributed by atoms with van der Waals surface area (Å²) in [6.07, 6.45) is 17.9. The molecule has 2 aliphatic heterocycles. The molecule has 2 atom stereocenters. The van der Waals surface area contributed by atoms with Crippen LogP contribution in [-0.2, 0) is 0 Å². The van der Waals surface area contributed by atoms with Gasteiger partial charge >= 0.3 is 0 Å². The van der Waals surface area contributed by atoms with Gasteiger partial charge in [0.2, 0.25) is 0 Å². The number of aliphatic imine (C=N–C) groups is 3. The van der Waals surface area contributed by atoms with Crippen LogP contribution in [0.2, 0.25) is 0 Å². The third-order valence-electron chi connectivity index (χ3n) is 9.38. The largest absolute Gasteiger partial charge is 0.400 e. The smallest absolute Gasteiger partial charge is 0.139 e. The Morgan fingerprint density at radius 2 is 2.02 bits per heavy atom. The molecule has 43 heavy (non-hydrogen) atoms. The highest BCUT2D eigenvalue weighted by Crippen LogP contribution is 2.48. The molecule has 7 heteroatoms. The van der Waals surface area contributed by atoms with Crippen LogP contribution < -0.4 is 0 Å². The van der Waals surface area contributed by atoms with Crippen LogP contribution in [-0.4, -0.2) is 55.4 Å². The van der Waals surface area contributed by atoms with Crippen molar-refractivity contribution in [3.8, 4) is 12.3 Å². The SMILES string of the molecule is C#Cc1c(F)ccc2cc(C3CCC3)cc(C3=C(P)C(=NCC4(C=C)CC4)/C(=C(\N=C)N4CCCC(C)C4)C=N3)c12.CO. The van der Waals surface area contributed by atoms with E-state index in [4.69, 9.17) is 21.5 Å². The Balaban J connectivity index is 0.00000180. The van der Waals surface area contributed by atoms with Crippen LogP contribution in [0, 0.1) is 29.5 Å². The van der Waals surface area contributed by atoms with Crippen molar-refractivity contribution in [2.75, 3.05) is 26.7 Å². The van der Waals surface area contributed by atoms with Crippen molar-refractivity contribution in [1.82, 2.24) is 4.90 Å². The molecule has 2 aromatic carbocycles. The Kier molecular flexibility index (Phi) is 9.45. The maximum absolute atomic E-state index is 15.1. The maximum atomic E-state index is 15.1. The van der Waals surface area contributed by atoms with Crippen molar-refractivity contribution in [3.63, 3.8) is 0 Å². The molecule has 0 radical (unpaired) electrons. The normalized spacial score (nSPS) is 23.3. The van der Waals surface area contributed by atoms with E-state index in [0.717, 1.165) is 96.8 Å². The first-order valence-electron chi connectivity index (χ1n) is 15.2. The molecule has 3 fully saturated rings. The second-order valence-electron chi connectivity index (χ2n) is 12.2. The van der Waals surface area contributed by atoms with Crippen LogP contribution in [0.15, 0.2) is 68.6 Å². The number of likely N-dealkylation sites (tertiary alicyclic amines) is 1. The van der Waals surface area contributed by atoms with Crippen molar-refractivity contribution >= 4 is 44.4 Å². The van der Waals surface area contributed by atoms with Crippen LogP contribution in [0.4, 0.5) is 4.39 Å². The van der Waals surface area contributed by atoms with Crippen molar-refractivity contribution < 1.29 is 9.50 Å². The number of halogens is 1. The van der Waals surface area contributed by atoms with E-state index in [9.17, 15) is 0 Å². The second-order valence-corrected chi connectivity index (χ2v) is 12.8. The minimum atomic E-state index is -0.392. The van der Waals surface area contributed by atoms with Crippen LogP contribution in [0.3, 0.4) is 0 Å². The van der Waals surface area contributed by atoms with Gasteiger partial charge in [0.15, 0.2) is 0 Å². The van der Waals surface area contributed by atoms with E-state index >= 15 is 4.39 Å². The molecule has 1 saturated heterocycles. The number of terminal acetylenes is 1. The fourth-order valence-electron chi connectivity index (χ4n) is 6.40. The minimum Gasteiger partial charge on any atom is -0.400 e. The van der Waals surface area contributed by atoms with Gasteiger partial charge in [0.25, 0.3) is 0 Å². The molecule has 2 aliphatic carbocycles. The van der Waals surface area contributed by atoms with Crippen LogP contribution in [0.5, 0.6) is 0 Å². The lowest BCUT2D eigenvalue weighted by Crippen LogP contribution is -2.35. The van der Waals surface area contributed by atoms with Gasteiger partial charge < -0.3 is 10.0 Å². The molecule has 0 aromatic heterocycles. The summed E-state index contributed by atoms with van der Waals surface area (Å²) in [5.74, 6) is 4.14. The molecule has 2 heterocycles. The number of aliphatic hydroxyl groups is 1. The van der Waals surface area contributed by atoms with Crippen molar-refractivity contribution in [3.05, 3.63) is 76.1 Å². The Hall–Kier alpha value is -3.39. The summed E-state index contributed by atoms with van der Waals surface area (Å²) in [5.41, 5.74) is 4.92. The highest BCUT2D eigenvalue weighted by atomic mass is 31.0. The van der Waals surface area contributed by atoms with Gasteiger partial charge in [0, 0.05) is 54.6 Å². The Morgan fingerprint density at radius 3 is 2.63 bits per heavy atom. The number of rotatable bonds is 7. The van der Waals surface area contributed by atoms with E-state index < -0.39 is 5.82 Å². The van der Waals surface area contributed by atoms with Gasteiger partial charge in [-0.3, -0.25) is 9.98 Å². The molecule has 0 amide bonds. The fraction of sp³-hybridized carbons (Fsp3) is 0.417. The number of fused-ring (bicyclic) bond motifs is 1. The van der Waals surface area contributed by atoms with E-state index in [-0.39, 0.29) is 11.0 Å². The zero-order chi connectivity index (χ0) is 30.7. The molecule has 224 valence electrons. The van der Waals surface area contributed by atoms with Gasteiger partial charge in [0.1, 0.15) is 11.6 Å². The third kappa shape index (κ3) is 6.03. The molecule has 5 nitrogen and oxygen atoms in total. The molecule has 4 aliphatic rings. The van der Waals surface area contributed by atoms with Gasteiger partial charge in [-0.15, -0.1) is 22.2 Å². The summed E-state index contributed by atoms with van der Waals surface area (Å²) < 4.78 is 15.1. The summed E-state index contributed by atoms with van der Waals surface area (Å²) in [5, 5.41) is 9.54. The zero-order valence-electron chi connectivity index (χ0n) is 25.4. The standard InChI is InChI=1S/C35H38FN4P.CH4O/c1-5-26-29(36)13-12-24-17-25(23-10-7-11-23)18-27(30(24)26)31-33(41)32(39-21-35(6-2)14-15-35)28(19-38-31)34(37-4)40-16-8-9-22(3)20-40;1-2/h1,6,12-13,17-19,22-23H,2,4,7-11,14-16,20-21,41H2,3H3;2H,1H3/b34-28+,39-32?;. The first kappa shape index (κ1) is 31.0. The van der Waals surface area contributed by atoms with Crippen LogP contribution in [0.1, 0.15) is 74.5 Å². The number of allylic oxidation sites excluding steroid dienone is 2. The van der Waals surface area contributed by atoms with E-state index in [1.807, 2.05) is 18.4 Å². The first-order valence-corrected chi connectivity index (χ1v) is 15.8. The van der Waals surface area contributed by atoms with Gasteiger partial charge in [-0.05, 0) is 80.2 Å². The third-order valence-corrected chi connectivity index (χ3v) is 9.92. The highest BCUT2D eigenvalue weighted by Gasteiger charge is 2.39. The van der Waals surface area contributed by atoms with Crippen molar-refractivity contribution in [2.45, 2.75) is 57.8 Å². The summed E-state index contributed by atoms with van der Waals surface area (Å²) in [6.45, 7) is 12.8. The van der Waals surface area contributed by atoms with Gasteiger partial charge in [0.05, 0.1) is 22.5 Å². The quantitative estimate of drug-likeness (QED) is 0.156. The van der Waals surface area contributed by atoms with E-state index in [1.165, 1.54) is 24.5 Å². The molecule has 0 spiro atoms. The van der Waals surface area contributed by atoms with Crippen LogP contribution in [0.25, 0.3) is 16.5 Å². The molecule has 1 N–H and O–H groups in total. The second kappa shape index (κ2) is 13.1. The van der Waals surface area contributed by atoms with Crippen molar-refractivity contribution in [2.24, 2.45) is 26.3 Å². The Labute approximate surface area is 257 Å². The molecule has 2 aromatic rings. The predicted molar refractivity (Wildman–Crippen MR) is 182 cm³/mol. The average Bonchev–Trinajstić information content (AvgIpc) is 3.78. The summed E-state index contributed by atoms with van der Waals surface area (Å²) in [4.78, 5) is 17.1. The molecule has 2 unspecified atom stereocenters. The highest BCUT2D eigenvalue weighted by molar-refractivity contribution is 7.26. The van der Waals surface area contributed by atoms with E-state index in [1.54, 1.807) is 0 Å². The van der Waals surface area contributed by atoms with E-state index in [0.29, 0.717) is 18.4 Å². The van der Waals surface area contributed by atoms with Crippen molar-refractivity contribution in [1.29, 1.82) is 0 Å². The topological polar surface area (TPSA) is 60.5 Å². The summed E-state index contributed by atoms with van der Waals surface area (Å²) in [6, 6.07) is 7.68. The molecule has 6 rings (SSSR count). The Morgan fingerprint density at radius 1 is 1.26 bits per heavy atom.